The van der Waals surface area contributed by atoms with Crippen molar-refractivity contribution in [2.75, 3.05) is 36.4 Å². The number of nitrogens with zero attached hydrogens (tertiary/aromatic N) is 3. The van der Waals surface area contributed by atoms with E-state index in [0.29, 0.717) is 49.6 Å². The summed E-state index contributed by atoms with van der Waals surface area (Å²) in [6.45, 7) is 2.17. The van der Waals surface area contributed by atoms with Gasteiger partial charge >= 0.3 is 0 Å². The van der Waals surface area contributed by atoms with E-state index in [1.165, 1.54) is 4.31 Å². The second-order valence-corrected chi connectivity index (χ2v) is 8.40. The molecule has 0 bridgehead atoms. The Balaban J connectivity index is 1.50. The standard InChI is InChI=1S/C18H20N4O3S/c23-18-4-1-14-13-16(2-3-17(14)20-18)26(24,25)22-11-9-21(10-12-22)15-5-7-19-8-6-15/h2-3,5-8,13H,1,4,9-12H2,(H,20,23). The highest BCUT2D eigenvalue weighted by Crippen LogP contribution is 2.27. The molecule has 0 spiro atoms. The molecule has 2 aliphatic rings. The molecule has 0 unspecified atom stereocenters. The number of aryl methyl sites for hydroxylation is 1. The molecule has 1 aromatic heterocycles. The van der Waals surface area contributed by atoms with Crippen LogP contribution in [0, 0.1) is 0 Å². The van der Waals surface area contributed by atoms with Crippen molar-refractivity contribution < 1.29 is 13.2 Å². The fourth-order valence-corrected chi connectivity index (χ4v) is 4.88. The van der Waals surface area contributed by atoms with E-state index in [2.05, 4.69) is 15.2 Å². The fourth-order valence-electron chi connectivity index (χ4n) is 3.41. The molecule has 3 heterocycles. The molecule has 1 fully saturated rings. The zero-order chi connectivity index (χ0) is 18.1. The van der Waals surface area contributed by atoms with Crippen molar-refractivity contribution in [3.05, 3.63) is 48.3 Å². The van der Waals surface area contributed by atoms with Crippen LogP contribution < -0.4 is 10.2 Å². The number of carbonyl (C=O) groups excluding carboxylic acids is 1. The summed E-state index contributed by atoms with van der Waals surface area (Å²) in [5, 5.41) is 2.78. The average molecular weight is 372 g/mol. The third-order valence-electron chi connectivity index (χ3n) is 4.88. The van der Waals surface area contributed by atoms with Crippen molar-refractivity contribution >= 4 is 27.3 Å². The zero-order valence-electron chi connectivity index (χ0n) is 14.3. The normalized spacial score (nSPS) is 18.3. The molecule has 0 aliphatic carbocycles. The predicted octanol–water partition coefficient (Wildman–Crippen LogP) is 1.48. The molecule has 1 amide bonds. The first-order chi connectivity index (χ1) is 12.5. The first-order valence-electron chi connectivity index (χ1n) is 8.62. The summed E-state index contributed by atoms with van der Waals surface area (Å²) in [6.07, 6.45) is 4.44. The molecule has 1 saturated heterocycles. The van der Waals surface area contributed by atoms with Gasteiger partial charge in [0.05, 0.1) is 4.90 Å². The Morgan fingerprint density at radius 1 is 0.962 bits per heavy atom. The lowest BCUT2D eigenvalue weighted by molar-refractivity contribution is -0.116. The fraction of sp³-hybridized carbons (Fsp3) is 0.333. The molecule has 2 aromatic rings. The number of fused-ring (bicyclic) bond motifs is 1. The Labute approximate surface area is 152 Å². The topological polar surface area (TPSA) is 82.6 Å². The number of hydrogen-bond acceptors (Lipinski definition) is 5. The molecule has 26 heavy (non-hydrogen) atoms. The molecule has 136 valence electrons. The number of sulfonamides is 1. The van der Waals surface area contributed by atoms with Gasteiger partial charge in [0, 0.05) is 56.4 Å². The zero-order valence-corrected chi connectivity index (χ0v) is 15.1. The van der Waals surface area contributed by atoms with Crippen LogP contribution in [0.1, 0.15) is 12.0 Å². The van der Waals surface area contributed by atoms with Crippen LogP contribution in [0.5, 0.6) is 0 Å². The Hall–Kier alpha value is -2.45. The Bertz CT molecular complexity index is 923. The summed E-state index contributed by atoms with van der Waals surface area (Å²) in [6, 6.07) is 8.82. The summed E-state index contributed by atoms with van der Waals surface area (Å²) in [4.78, 5) is 17.9. The minimum absolute atomic E-state index is 0.0275. The highest BCUT2D eigenvalue weighted by atomic mass is 32.2. The van der Waals surface area contributed by atoms with Crippen LogP contribution in [0.15, 0.2) is 47.6 Å². The van der Waals surface area contributed by atoms with Crippen molar-refractivity contribution in [3.63, 3.8) is 0 Å². The van der Waals surface area contributed by atoms with Crippen molar-refractivity contribution in [2.45, 2.75) is 17.7 Å². The largest absolute Gasteiger partial charge is 0.369 e. The maximum absolute atomic E-state index is 13.0. The molecule has 4 rings (SSSR count). The summed E-state index contributed by atoms with van der Waals surface area (Å²) < 4.78 is 27.5. The van der Waals surface area contributed by atoms with E-state index >= 15 is 0 Å². The molecule has 1 aromatic carbocycles. The molecular formula is C18H20N4O3S. The highest BCUT2D eigenvalue weighted by molar-refractivity contribution is 7.89. The molecule has 2 aliphatic heterocycles. The number of carbonyl (C=O) groups is 1. The van der Waals surface area contributed by atoms with E-state index in [4.69, 9.17) is 0 Å². The van der Waals surface area contributed by atoms with Gasteiger partial charge in [-0.15, -0.1) is 0 Å². The van der Waals surface area contributed by atoms with Gasteiger partial charge in [0.2, 0.25) is 15.9 Å². The van der Waals surface area contributed by atoms with Crippen LogP contribution >= 0.6 is 0 Å². The average Bonchev–Trinajstić information content (AvgIpc) is 2.68. The molecule has 0 radical (unpaired) electrons. The minimum Gasteiger partial charge on any atom is -0.369 e. The third-order valence-corrected chi connectivity index (χ3v) is 6.77. The summed E-state index contributed by atoms with van der Waals surface area (Å²) in [5.41, 5.74) is 2.64. The van der Waals surface area contributed by atoms with Crippen LogP contribution in [-0.2, 0) is 21.2 Å². The molecule has 1 N–H and O–H groups in total. The number of amides is 1. The first-order valence-corrected chi connectivity index (χ1v) is 10.1. The van der Waals surface area contributed by atoms with E-state index in [9.17, 15) is 13.2 Å². The quantitative estimate of drug-likeness (QED) is 0.882. The van der Waals surface area contributed by atoms with Gasteiger partial charge < -0.3 is 10.2 Å². The predicted molar refractivity (Wildman–Crippen MR) is 98.6 cm³/mol. The van der Waals surface area contributed by atoms with Gasteiger partial charge in [0.15, 0.2) is 0 Å². The van der Waals surface area contributed by atoms with E-state index in [-0.39, 0.29) is 5.91 Å². The lowest BCUT2D eigenvalue weighted by atomic mass is 10.0. The minimum atomic E-state index is -3.53. The van der Waals surface area contributed by atoms with Crippen LogP contribution in [0.25, 0.3) is 0 Å². The summed E-state index contributed by atoms with van der Waals surface area (Å²) >= 11 is 0. The number of benzene rings is 1. The number of anilines is 2. The van der Waals surface area contributed by atoms with Gasteiger partial charge in [-0.2, -0.15) is 4.31 Å². The molecule has 7 nitrogen and oxygen atoms in total. The second kappa shape index (κ2) is 6.69. The number of piperazine rings is 1. The Morgan fingerprint density at radius 3 is 2.42 bits per heavy atom. The number of pyridine rings is 1. The molecule has 8 heteroatoms. The third kappa shape index (κ3) is 3.17. The SMILES string of the molecule is O=C1CCc2cc(S(=O)(=O)N3CCN(c4ccncc4)CC3)ccc2N1. The Kier molecular flexibility index (Phi) is 4.37. The number of rotatable bonds is 3. The molecular weight excluding hydrogens is 352 g/mol. The van der Waals surface area contributed by atoms with Crippen molar-refractivity contribution in [2.24, 2.45) is 0 Å². The molecule has 0 atom stereocenters. The van der Waals surface area contributed by atoms with Crippen molar-refractivity contribution in [1.29, 1.82) is 0 Å². The smallest absolute Gasteiger partial charge is 0.243 e. The van der Waals surface area contributed by atoms with E-state index in [1.807, 2.05) is 12.1 Å². The monoisotopic (exact) mass is 372 g/mol. The van der Waals surface area contributed by atoms with Crippen LogP contribution in [0.3, 0.4) is 0 Å². The van der Waals surface area contributed by atoms with Crippen molar-refractivity contribution in [3.8, 4) is 0 Å². The first kappa shape index (κ1) is 17.0. The van der Waals surface area contributed by atoms with Crippen LogP contribution in [0.2, 0.25) is 0 Å². The van der Waals surface area contributed by atoms with Gasteiger partial charge in [-0.3, -0.25) is 9.78 Å². The van der Waals surface area contributed by atoms with Gasteiger partial charge in [-0.25, -0.2) is 8.42 Å². The second-order valence-electron chi connectivity index (χ2n) is 6.46. The number of aromatic nitrogens is 1. The maximum atomic E-state index is 13.0. The van der Waals surface area contributed by atoms with Gasteiger partial charge in [-0.05, 0) is 42.3 Å². The summed E-state index contributed by atoms with van der Waals surface area (Å²) in [7, 11) is -3.53. The van der Waals surface area contributed by atoms with Crippen LogP contribution in [-0.4, -0.2) is 49.8 Å². The van der Waals surface area contributed by atoms with E-state index < -0.39 is 10.0 Å². The Morgan fingerprint density at radius 2 is 1.69 bits per heavy atom. The number of nitrogens with one attached hydrogen (secondary N) is 1. The van der Waals surface area contributed by atoms with Crippen molar-refractivity contribution in [1.82, 2.24) is 9.29 Å². The van der Waals surface area contributed by atoms with Gasteiger partial charge in [0.25, 0.3) is 0 Å². The number of hydrogen-bond donors (Lipinski definition) is 1. The van der Waals surface area contributed by atoms with Gasteiger partial charge in [0.1, 0.15) is 0 Å². The lowest BCUT2D eigenvalue weighted by Gasteiger charge is -2.35. The molecule has 0 saturated carbocycles. The maximum Gasteiger partial charge on any atom is 0.243 e. The van der Waals surface area contributed by atoms with Gasteiger partial charge in [-0.1, -0.05) is 0 Å². The van der Waals surface area contributed by atoms with E-state index in [1.54, 1.807) is 30.6 Å². The highest BCUT2D eigenvalue weighted by Gasteiger charge is 2.29. The summed E-state index contributed by atoms with van der Waals surface area (Å²) in [5.74, 6) is -0.0275. The van der Waals surface area contributed by atoms with Crippen LogP contribution in [0.4, 0.5) is 11.4 Å². The lowest BCUT2D eigenvalue weighted by Crippen LogP contribution is -2.48. The van der Waals surface area contributed by atoms with E-state index in [0.717, 1.165) is 11.3 Å².